The zero-order chi connectivity index (χ0) is 18.9. The second-order valence-electron chi connectivity index (χ2n) is 6.81. The Labute approximate surface area is 157 Å². The molecule has 3 heterocycles. The van der Waals surface area contributed by atoms with Crippen molar-refractivity contribution in [2.75, 3.05) is 40.5 Å². The number of rotatable bonds is 4. The van der Waals surface area contributed by atoms with Crippen LogP contribution in [0.25, 0.3) is 0 Å². The van der Waals surface area contributed by atoms with Crippen molar-refractivity contribution < 1.29 is 28.6 Å². The van der Waals surface area contributed by atoms with E-state index in [1.54, 1.807) is 14.2 Å². The van der Waals surface area contributed by atoms with Gasteiger partial charge in [0.25, 0.3) is 5.91 Å². The highest BCUT2D eigenvalue weighted by molar-refractivity contribution is 6.06. The van der Waals surface area contributed by atoms with Crippen LogP contribution in [-0.2, 0) is 19.1 Å². The van der Waals surface area contributed by atoms with Crippen molar-refractivity contribution in [3.63, 3.8) is 0 Å². The number of hydrogen-bond donors (Lipinski definition) is 0. The lowest BCUT2D eigenvalue weighted by Crippen LogP contribution is -2.50. The minimum atomic E-state index is -0.615. The Bertz CT molecular complexity index is 734. The molecule has 4 rings (SSSR count). The smallest absolute Gasteiger partial charge is 0.266 e. The summed E-state index contributed by atoms with van der Waals surface area (Å²) >= 11 is 0. The molecule has 0 aliphatic carbocycles. The zero-order valence-corrected chi connectivity index (χ0v) is 15.6. The molecule has 1 amide bonds. The van der Waals surface area contributed by atoms with Crippen LogP contribution in [-0.4, -0.2) is 68.9 Å². The summed E-state index contributed by atoms with van der Waals surface area (Å²) in [7, 11) is 3.17. The summed E-state index contributed by atoms with van der Waals surface area (Å²) in [5, 5.41) is 4.14. The topological polar surface area (TPSA) is 78.8 Å². The molecule has 8 nitrogen and oxygen atoms in total. The van der Waals surface area contributed by atoms with Gasteiger partial charge >= 0.3 is 0 Å². The van der Waals surface area contributed by atoms with Gasteiger partial charge in [0.2, 0.25) is 6.10 Å². The fourth-order valence-corrected chi connectivity index (χ4v) is 3.84. The van der Waals surface area contributed by atoms with Crippen LogP contribution in [0.1, 0.15) is 24.8 Å². The second kappa shape index (κ2) is 7.36. The van der Waals surface area contributed by atoms with Crippen molar-refractivity contribution in [3.8, 4) is 11.5 Å². The fourth-order valence-electron chi connectivity index (χ4n) is 3.84. The molecule has 0 unspecified atom stereocenters. The number of piperidine rings is 1. The zero-order valence-electron chi connectivity index (χ0n) is 15.6. The van der Waals surface area contributed by atoms with Crippen molar-refractivity contribution in [2.45, 2.75) is 31.2 Å². The van der Waals surface area contributed by atoms with Gasteiger partial charge in [-0.3, -0.25) is 4.79 Å². The molecule has 0 saturated carbocycles. The van der Waals surface area contributed by atoms with Crippen LogP contribution in [0, 0.1) is 0 Å². The van der Waals surface area contributed by atoms with E-state index in [9.17, 15) is 4.79 Å². The molecule has 2 fully saturated rings. The molecule has 146 valence electrons. The number of para-hydroxylation sites is 1. The van der Waals surface area contributed by atoms with Crippen molar-refractivity contribution in [1.82, 2.24) is 4.90 Å². The number of methoxy groups -OCH3 is 2. The fraction of sp³-hybridized carbons (Fsp3) is 0.579. The minimum absolute atomic E-state index is 0.0524. The lowest BCUT2D eigenvalue weighted by molar-refractivity contribution is -0.189. The Balaban J connectivity index is 1.40. The highest BCUT2D eigenvalue weighted by Gasteiger charge is 2.43. The van der Waals surface area contributed by atoms with Crippen LogP contribution in [0.4, 0.5) is 0 Å². The summed E-state index contributed by atoms with van der Waals surface area (Å²) in [6, 6.07) is 5.56. The number of oxime groups is 1. The Hall–Kier alpha value is -2.32. The van der Waals surface area contributed by atoms with Crippen LogP contribution in [0.2, 0.25) is 0 Å². The number of likely N-dealkylation sites (tertiary alicyclic amines) is 1. The maximum Gasteiger partial charge on any atom is 0.266 e. The Morgan fingerprint density at radius 2 is 1.93 bits per heavy atom. The summed E-state index contributed by atoms with van der Waals surface area (Å²) < 4.78 is 22.2. The summed E-state index contributed by atoms with van der Waals surface area (Å²) in [5.74, 6) is 0.655. The molecule has 8 heteroatoms. The standard InChI is InChI=1S/C19H24N2O6/c1-23-15-5-3-4-13(17(15)24-2)14-12-16(27-20-14)18(22)21-8-6-19(7-9-21)25-10-11-26-19/h3-5,16H,6-12H2,1-2H3/t16-/m1/s1. The number of carbonyl (C=O) groups is 1. The number of hydrogen-bond acceptors (Lipinski definition) is 7. The number of benzene rings is 1. The molecule has 1 spiro atoms. The van der Waals surface area contributed by atoms with Gasteiger partial charge < -0.3 is 28.7 Å². The van der Waals surface area contributed by atoms with Gasteiger partial charge in [-0.1, -0.05) is 11.2 Å². The van der Waals surface area contributed by atoms with Crippen LogP contribution in [0.3, 0.4) is 0 Å². The molecule has 1 atom stereocenters. The van der Waals surface area contributed by atoms with Crippen LogP contribution >= 0.6 is 0 Å². The van der Waals surface area contributed by atoms with E-state index in [-0.39, 0.29) is 5.91 Å². The molecular weight excluding hydrogens is 352 g/mol. The van der Waals surface area contributed by atoms with E-state index in [2.05, 4.69) is 5.16 Å². The average Bonchev–Trinajstić information content (AvgIpc) is 3.37. The highest BCUT2D eigenvalue weighted by atomic mass is 16.7. The highest BCUT2D eigenvalue weighted by Crippen LogP contribution is 2.35. The summed E-state index contributed by atoms with van der Waals surface area (Å²) in [6.45, 7) is 2.44. The molecule has 2 saturated heterocycles. The lowest BCUT2D eigenvalue weighted by Gasteiger charge is -2.38. The predicted molar refractivity (Wildman–Crippen MR) is 96.0 cm³/mol. The first-order valence-corrected chi connectivity index (χ1v) is 9.16. The molecule has 0 aromatic heterocycles. The van der Waals surface area contributed by atoms with Crippen LogP contribution < -0.4 is 9.47 Å². The summed E-state index contributed by atoms with van der Waals surface area (Å²) in [4.78, 5) is 20.1. The van der Waals surface area contributed by atoms with Crippen molar-refractivity contribution >= 4 is 11.6 Å². The molecular formula is C19H24N2O6. The van der Waals surface area contributed by atoms with E-state index in [1.165, 1.54) is 0 Å². The lowest BCUT2D eigenvalue weighted by atomic mass is 10.0. The van der Waals surface area contributed by atoms with Gasteiger partial charge in [0.1, 0.15) is 0 Å². The van der Waals surface area contributed by atoms with Gasteiger partial charge in [0, 0.05) is 37.9 Å². The van der Waals surface area contributed by atoms with E-state index in [4.69, 9.17) is 23.8 Å². The Kier molecular flexibility index (Phi) is 4.92. The Morgan fingerprint density at radius 1 is 1.19 bits per heavy atom. The van der Waals surface area contributed by atoms with Gasteiger partial charge in [-0.05, 0) is 12.1 Å². The van der Waals surface area contributed by atoms with E-state index >= 15 is 0 Å². The number of ether oxygens (including phenoxy) is 4. The Morgan fingerprint density at radius 3 is 2.59 bits per heavy atom. The van der Waals surface area contributed by atoms with Gasteiger partial charge in [-0.25, -0.2) is 0 Å². The van der Waals surface area contributed by atoms with Gasteiger partial charge in [0.15, 0.2) is 17.3 Å². The first-order valence-electron chi connectivity index (χ1n) is 9.16. The first kappa shape index (κ1) is 18.1. The molecule has 3 aliphatic rings. The molecule has 1 aromatic carbocycles. The minimum Gasteiger partial charge on any atom is -0.493 e. The summed E-state index contributed by atoms with van der Waals surface area (Å²) in [6.07, 6.45) is 1.15. The van der Waals surface area contributed by atoms with Crippen molar-refractivity contribution in [1.29, 1.82) is 0 Å². The second-order valence-corrected chi connectivity index (χ2v) is 6.81. The SMILES string of the molecule is COc1cccc(C2=NO[C@@H](C(=O)N3CCC4(CC3)OCCO4)C2)c1OC. The maximum absolute atomic E-state index is 12.8. The van der Waals surface area contributed by atoms with Crippen molar-refractivity contribution in [3.05, 3.63) is 23.8 Å². The van der Waals surface area contributed by atoms with E-state index in [0.29, 0.717) is 62.8 Å². The van der Waals surface area contributed by atoms with E-state index < -0.39 is 11.9 Å². The van der Waals surface area contributed by atoms with Gasteiger partial charge in [-0.2, -0.15) is 0 Å². The van der Waals surface area contributed by atoms with Gasteiger partial charge in [-0.15, -0.1) is 0 Å². The number of nitrogens with zero attached hydrogens (tertiary/aromatic N) is 2. The largest absolute Gasteiger partial charge is 0.493 e. The van der Waals surface area contributed by atoms with Gasteiger partial charge in [0.05, 0.1) is 33.1 Å². The number of amides is 1. The monoisotopic (exact) mass is 376 g/mol. The molecule has 0 N–H and O–H groups in total. The third-order valence-electron chi connectivity index (χ3n) is 5.31. The normalized spacial score (nSPS) is 23.9. The van der Waals surface area contributed by atoms with E-state index in [1.807, 2.05) is 23.1 Å². The molecule has 1 aromatic rings. The first-order chi connectivity index (χ1) is 13.2. The molecule has 3 aliphatic heterocycles. The summed E-state index contributed by atoms with van der Waals surface area (Å²) in [5.41, 5.74) is 1.46. The molecule has 27 heavy (non-hydrogen) atoms. The third kappa shape index (κ3) is 3.35. The predicted octanol–water partition coefficient (Wildman–Crippen LogP) is 1.56. The quantitative estimate of drug-likeness (QED) is 0.794. The number of carbonyl (C=O) groups excluding carboxylic acids is 1. The van der Waals surface area contributed by atoms with Crippen molar-refractivity contribution in [2.24, 2.45) is 5.16 Å². The average molecular weight is 376 g/mol. The third-order valence-corrected chi connectivity index (χ3v) is 5.31. The van der Waals surface area contributed by atoms with Crippen LogP contribution in [0.5, 0.6) is 11.5 Å². The molecule has 0 radical (unpaired) electrons. The van der Waals surface area contributed by atoms with E-state index in [0.717, 1.165) is 5.56 Å². The molecule has 0 bridgehead atoms. The maximum atomic E-state index is 12.8. The van der Waals surface area contributed by atoms with Crippen LogP contribution in [0.15, 0.2) is 23.4 Å².